The molecule has 1 heterocycles. The normalized spacial score (nSPS) is 17.7. The Bertz CT molecular complexity index is 301. The molecule has 1 unspecified atom stereocenters. The third-order valence-corrected chi connectivity index (χ3v) is 3.05. The van der Waals surface area contributed by atoms with Gasteiger partial charge in [-0.3, -0.25) is 4.98 Å². The van der Waals surface area contributed by atoms with Gasteiger partial charge in [0.15, 0.2) is 0 Å². The monoisotopic (exact) mass is 204 g/mol. The molecule has 1 aromatic heterocycles. The van der Waals surface area contributed by atoms with Crippen LogP contribution in [0.4, 0.5) is 0 Å². The van der Waals surface area contributed by atoms with E-state index in [0.717, 1.165) is 18.2 Å². The van der Waals surface area contributed by atoms with Gasteiger partial charge in [0.05, 0.1) is 0 Å². The van der Waals surface area contributed by atoms with Crippen LogP contribution in [0.1, 0.15) is 43.5 Å². The molecule has 1 aromatic rings. The van der Waals surface area contributed by atoms with Gasteiger partial charge in [-0.25, -0.2) is 0 Å². The van der Waals surface area contributed by atoms with Crippen LogP contribution < -0.4 is 5.32 Å². The maximum atomic E-state index is 4.37. The minimum Gasteiger partial charge on any atom is -0.310 e. The molecule has 0 radical (unpaired) electrons. The zero-order valence-corrected chi connectivity index (χ0v) is 9.66. The summed E-state index contributed by atoms with van der Waals surface area (Å²) >= 11 is 0. The Labute approximate surface area is 92.1 Å². The third-order valence-electron chi connectivity index (χ3n) is 3.05. The molecule has 1 aliphatic rings. The van der Waals surface area contributed by atoms with E-state index in [2.05, 4.69) is 29.4 Å². The van der Waals surface area contributed by atoms with Crippen LogP contribution >= 0.6 is 0 Å². The van der Waals surface area contributed by atoms with Gasteiger partial charge in [0.2, 0.25) is 0 Å². The molecule has 0 spiro atoms. The lowest BCUT2D eigenvalue weighted by Crippen LogP contribution is -2.21. The van der Waals surface area contributed by atoms with E-state index < -0.39 is 0 Å². The number of hydrogen-bond donors (Lipinski definition) is 1. The summed E-state index contributed by atoms with van der Waals surface area (Å²) in [5, 5.41) is 3.55. The third kappa shape index (κ3) is 3.03. The summed E-state index contributed by atoms with van der Waals surface area (Å²) in [6.45, 7) is 5.24. The van der Waals surface area contributed by atoms with Crippen LogP contribution in [-0.4, -0.2) is 11.5 Å². The predicted molar refractivity (Wildman–Crippen MR) is 62.7 cm³/mol. The first-order valence-electron chi connectivity index (χ1n) is 5.95. The number of hydrogen-bond acceptors (Lipinski definition) is 2. The first kappa shape index (κ1) is 10.6. The van der Waals surface area contributed by atoms with Crippen molar-refractivity contribution in [1.29, 1.82) is 0 Å². The lowest BCUT2D eigenvalue weighted by atomic mass is 10.0. The van der Waals surface area contributed by atoms with Crippen molar-refractivity contribution in [3.8, 4) is 0 Å². The highest BCUT2D eigenvalue weighted by molar-refractivity contribution is 5.17. The fourth-order valence-electron chi connectivity index (χ4n) is 1.96. The molecule has 1 atom stereocenters. The lowest BCUT2D eigenvalue weighted by Gasteiger charge is -2.17. The van der Waals surface area contributed by atoms with E-state index in [9.17, 15) is 0 Å². The van der Waals surface area contributed by atoms with Crippen molar-refractivity contribution in [3.63, 3.8) is 0 Å². The van der Waals surface area contributed by atoms with Crippen molar-refractivity contribution in [2.75, 3.05) is 6.54 Å². The van der Waals surface area contributed by atoms with Gasteiger partial charge >= 0.3 is 0 Å². The molecule has 0 amide bonds. The molecule has 1 fully saturated rings. The Morgan fingerprint density at radius 2 is 2.27 bits per heavy atom. The predicted octanol–water partition coefficient (Wildman–Crippen LogP) is 2.84. The molecule has 2 heteroatoms. The van der Waals surface area contributed by atoms with E-state index in [1.54, 1.807) is 0 Å². The quantitative estimate of drug-likeness (QED) is 0.797. The summed E-state index contributed by atoms with van der Waals surface area (Å²) in [4.78, 5) is 4.37. The second kappa shape index (κ2) is 4.75. The lowest BCUT2D eigenvalue weighted by molar-refractivity contribution is 0.485. The number of nitrogens with one attached hydrogen (secondary N) is 1. The van der Waals surface area contributed by atoms with Crippen molar-refractivity contribution in [2.45, 2.75) is 39.2 Å². The van der Waals surface area contributed by atoms with Gasteiger partial charge in [0.1, 0.15) is 0 Å². The Kier molecular flexibility index (Phi) is 3.37. The molecular formula is C13H20N2. The van der Waals surface area contributed by atoms with E-state index in [-0.39, 0.29) is 0 Å². The average molecular weight is 204 g/mol. The molecule has 1 saturated carbocycles. The van der Waals surface area contributed by atoms with Crippen molar-refractivity contribution >= 4 is 0 Å². The molecule has 2 rings (SSSR count). The molecule has 1 aliphatic carbocycles. The van der Waals surface area contributed by atoms with E-state index in [1.165, 1.54) is 24.8 Å². The maximum absolute atomic E-state index is 4.37. The Morgan fingerprint density at radius 3 is 2.80 bits per heavy atom. The standard InChI is InChI=1S/C13H20N2/c1-3-14-13(8-11-5-6-11)12-7-4-10(2)15-9-12/h4,7,9,11,13-14H,3,5-6,8H2,1-2H3. The van der Waals surface area contributed by atoms with Crippen molar-refractivity contribution in [1.82, 2.24) is 10.3 Å². The van der Waals surface area contributed by atoms with Gasteiger partial charge in [-0.15, -0.1) is 0 Å². The number of aromatic nitrogens is 1. The number of pyridine rings is 1. The van der Waals surface area contributed by atoms with Crippen LogP contribution in [0.5, 0.6) is 0 Å². The summed E-state index contributed by atoms with van der Waals surface area (Å²) in [5.74, 6) is 0.954. The van der Waals surface area contributed by atoms with Gasteiger partial charge in [-0.2, -0.15) is 0 Å². The first-order valence-corrected chi connectivity index (χ1v) is 5.95. The number of rotatable bonds is 5. The molecule has 0 aliphatic heterocycles. The van der Waals surface area contributed by atoms with E-state index in [4.69, 9.17) is 0 Å². The second-order valence-electron chi connectivity index (χ2n) is 4.52. The fraction of sp³-hybridized carbons (Fsp3) is 0.615. The minimum absolute atomic E-state index is 0.510. The molecule has 15 heavy (non-hydrogen) atoms. The van der Waals surface area contributed by atoms with Gasteiger partial charge in [-0.05, 0) is 37.4 Å². The van der Waals surface area contributed by atoms with Crippen molar-refractivity contribution in [3.05, 3.63) is 29.6 Å². The molecular weight excluding hydrogens is 184 g/mol. The summed E-state index contributed by atoms with van der Waals surface area (Å²) in [6, 6.07) is 4.82. The Hall–Kier alpha value is -0.890. The highest BCUT2D eigenvalue weighted by Crippen LogP contribution is 2.37. The second-order valence-corrected chi connectivity index (χ2v) is 4.52. The van der Waals surface area contributed by atoms with E-state index in [0.29, 0.717) is 6.04 Å². The van der Waals surface area contributed by atoms with Crippen LogP contribution in [-0.2, 0) is 0 Å². The maximum Gasteiger partial charge on any atom is 0.0372 e. The topological polar surface area (TPSA) is 24.9 Å². The van der Waals surface area contributed by atoms with Gasteiger partial charge in [-0.1, -0.05) is 25.8 Å². The molecule has 0 saturated heterocycles. The molecule has 1 N–H and O–H groups in total. The van der Waals surface area contributed by atoms with E-state index in [1.807, 2.05) is 13.1 Å². The number of nitrogens with zero attached hydrogens (tertiary/aromatic N) is 1. The van der Waals surface area contributed by atoms with E-state index >= 15 is 0 Å². The molecule has 2 nitrogen and oxygen atoms in total. The summed E-state index contributed by atoms with van der Waals surface area (Å²) in [5.41, 5.74) is 2.44. The summed E-state index contributed by atoms with van der Waals surface area (Å²) < 4.78 is 0. The molecule has 0 bridgehead atoms. The van der Waals surface area contributed by atoms with Crippen molar-refractivity contribution in [2.24, 2.45) is 5.92 Å². The number of aryl methyl sites for hydroxylation is 1. The Balaban J connectivity index is 2.04. The summed E-state index contributed by atoms with van der Waals surface area (Å²) in [7, 11) is 0. The fourth-order valence-corrected chi connectivity index (χ4v) is 1.96. The average Bonchev–Trinajstić information content (AvgIpc) is 3.02. The van der Waals surface area contributed by atoms with Crippen LogP contribution in [0.25, 0.3) is 0 Å². The largest absolute Gasteiger partial charge is 0.310 e. The van der Waals surface area contributed by atoms with Crippen LogP contribution in [0.15, 0.2) is 18.3 Å². The SMILES string of the molecule is CCNC(CC1CC1)c1ccc(C)nc1. The highest BCUT2D eigenvalue weighted by Gasteiger charge is 2.25. The van der Waals surface area contributed by atoms with Crippen LogP contribution in [0.2, 0.25) is 0 Å². The smallest absolute Gasteiger partial charge is 0.0372 e. The van der Waals surface area contributed by atoms with Gasteiger partial charge in [0.25, 0.3) is 0 Å². The highest BCUT2D eigenvalue weighted by atomic mass is 14.9. The van der Waals surface area contributed by atoms with Gasteiger partial charge in [0, 0.05) is 17.9 Å². The first-order chi connectivity index (χ1) is 7.29. The van der Waals surface area contributed by atoms with Crippen molar-refractivity contribution < 1.29 is 0 Å². The molecule has 0 aromatic carbocycles. The van der Waals surface area contributed by atoms with Crippen LogP contribution in [0.3, 0.4) is 0 Å². The molecule has 82 valence electrons. The minimum atomic E-state index is 0.510. The Morgan fingerprint density at radius 1 is 1.47 bits per heavy atom. The zero-order valence-electron chi connectivity index (χ0n) is 9.66. The summed E-state index contributed by atoms with van der Waals surface area (Å²) in [6.07, 6.45) is 6.13. The van der Waals surface area contributed by atoms with Gasteiger partial charge < -0.3 is 5.32 Å². The zero-order chi connectivity index (χ0) is 10.7. The van der Waals surface area contributed by atoms with Crippen LogP contribution in [0, 0.1) is 12.8 Å².